The molecule has 2 amide bonds. The molecule has 168 valence electrons. The van der Waals surface area contributed by atoms with Gasteiger partial charge < -0.3 is 14.4 Å². The Labute approximate surface area is 187 Å². The van der Waals surface area contributed by atoms with Gasteiger partial charge in [-0.05, 0) is 75.6 Å². The van der Waals surface area contributed by atoms with Gasteiger partial charge in [0.15, 0.2) is 11.4 Å². The first-order valence-corrected chi connectivity index (χ1v) is 10.9. The number of hydrogen-bond donors (Lipinski definition) is 0. The number of benzene rings is 2. The van der Waals surface area contributed by atoms with Gasteiger partial charge in [0.1, 0.15) is 11.5 Å². The molecule has 1 fully saturated rings. The lowest BCUT2D eigenvalue weighted by molar-refractivity contribution is -0.132. The van der Waals surface area contributed by atoms with Crippen molar-refractivity contribution in [1.29, 1.82) is 0 Å². The van der Waals surface area contributed by atoms with Crippen molar-refractivity contribution in [3.05, 3.63) is 53.6 Å². The minimum absolute atomic E-state index is 0.0637. The van der Waals surface area contributed by atoms with Crippen LogP contribution in [0.4, 0.5) is 5.69 Å². The number of ether oxygens (including phenoxy) is 2. The van der Waals surface area contributed by atoms with Crippen LogP contribution in [0.25, 0.3) is 0 Å². The Morgan fingerprint density at radius 2 is 1.66 bits per heavy atom. The standard InChI is InChI=1S/C25H28N2O5/c1-25(2)24(30)27(16-21(28)17-7-10-19(31-3)11-8-17)20-15-18(9-12-22(20)32-25)23(29)26-13-5-4-6-14-26/h7-12,15H,4-6,13-14,16H2,1-3H3. The van der Waals surface area contributed by atoms with E-state index in [1.807, 2.05) is 4.90 Å². The third-order valence-corrected chi connectivity index (χ3v) is 5.98. The molecule has 0 bridgehead atoms. The SMILES string of the molecule is COc1ccc(C(=O)CN2C(=O)C(C)(C)Oc3ccc(C(=O)N4CCCCC4)cc32)cc1. The number of Topliss-reactive ketones (excluding diaryl/α,β-unsaturated/α-hetero) is 1. The number of hydrogen-bond acceptors (Lipinski definition) is 5. The highest BCUT2D eigenvalue weighted by Crippen LogP contribution is 2.39. The zero-order valence-corrected chi connectivity index (χ0v) is 18.7. The minimum atomic E-state index is -1.12. The van der Waals surface area contributed by atoms with Crippen molar-refractivity contribution in [2.45, 2.75) is 38.7 Å². The number of piperidine rings is 1. The second-order valence-corrected chi connectivity index (χ2v) is 8.69. The summed E-state index contributed by atoms with van der Waals surface area (Å²) in [6.07, 6.45) is 3.12. The molecule has 32 heavy (non-hydrogen) atoms. The molecular formula is C25H28N2O5. The average Bonchev–Trinajstić information content (AvgIpc) is 2.81. The third kappa shape index (κ3) is 4.20. The second-order valence-electron chi connectivity index (χ2n) is 8.69. The molecule has 0 aliphatic carbocycles. The van der Waals surface area contributed by atoms with E-state index in [0.717, 1.165) is 32.4 Å². The molecule has 2 aliphatic heterocycles. The van der Waals surface area contributed by atoms with Crippen LogP contribution in [0.3, 0.4) is 0 Å². The fraction of sp³-hybridized carbons (Fsp3) is 0.400. The van der Waals surface area contributed by atoms with Crippen LogP contribution in [0.15, 0.2) is 42.5 Å². The van der Waals surface area contributed by atoms with Gasteiger partial charge in [-0.3, -0.25) is 19.3 Å². The summed E-state index contributed by atoms with van der Waals surface area (Å²) >= 11 is 0. The average molecular weight is 437 g/mol. The van der Waals surface area contributed by atoms with Crippen molar-refractivity contribution in [2.75, 3.05) is 31.6 Å². The molecule has 2 aromatic carbocycles. The number of likely N-dealkylation sites (tertiary alicyclic amines) is 1. The van der Waals surface area contributed by atoms with Crippen LogP contribution in [0.5, 0.6) is 11.5 Å². The topological polar surface area (TPSA) is 76.1 Å². The molecule has 0 saturated carbocycles. The molecule has 0 unspecified atom stereocenters. The number of rotatable bonds is 5. The van der Waals surface area contributed by atoms with E-state index in [9.17, 15) is 14.4 Å². The highest BCUT2D eigenvalue weighted by atomic mass is 16.5. The first-order chi connectivity index (χ1) is 15.3. The van der Waals surface area contributed by atoms with E-state index < -0.39 is 5.60 Å². The Kier molecular flexibility index (Phi) is 5.91. The molecule has 7 nitrogen and oxygen atoms in total. The van der Waals surface area contributed by atoms with Crippen LogP contribution in [-0.4, -0.2) is 54.8 Å². The lowest BCUT2D eigenvalue weighted by atomic mass is 10.0. The van der Waals surface area contributed by atoms with Gasteiger partial charge in [-0.1, -0.05) is 0 Å². The molecule has 4 rings (SSSR count). The number of amides is 2. The Morgan fingerprint density at radius 3 is 2.31 bits per heavy atom. The summed E-state index contributed by atoms with van der Waals surface area (Å²) in [6.45, 7) is 4.67. The summed E-state index contributed by atoms with van der Waals surface area (Å²) < 4.78 is 11.1. The zero-order valence-electron chi connectivity index (χ0n) is 18.7. The Bertz CT molecular complexity index is 1040. The van der Waals surface area contributed by atoms with Crippen molar-refractivity contribution in [3.63, 3.8) is 0 Å². The normalized spacial score (nSPS) is 17.4. The van der Waals surface area contributed by atoms with Crippen molar-refractivity contribution in [3.8, 4) is 11.5 Å². The monoisotopic (exact) mass is 436 g/mol. The molecule has 0 aromatic heterocycles. The van der Waals surface area contributed by atoms with Crippen molar-refractivity contribution in [2.24, 2.45) is 0 Å². The fourth-order valence-corrected chi connectivity index (χ4v) is 4.15. The Hall–Kier alpha value is -3.35. The van der Waals surface area contributed by atoms with Crippen LogP contribution in [0, 0.1) is 0 Å². The smallest absolute Gasteiger partial charge is 0.271 e. The van der Waals surface area contributed by atoms with Crippen LogP contribution < -0.4 is 14.4 Å². The number of nitrogens with zero attached hydrogens (tertiary/aromatic N) is 2. The van der Waals surface area contributed by atoms with Gasteiger partial charge in [0.25, 0.3) is 11.8 Å². The number of carbonyl (C=O) groups excluding carboxylic acids is 3. The summed E-state index contributed by atoms with van der Waals surface area (Å²) in [5.74, 6) is 0.529. The largest absolute Gasteiger partial charge is 0.497 e. The maximum absolute atomic E-state index is 13.2. The van der Waals surface area contributed by atoms with E-state index in [1.165, 1.54) is 4.90 Å². The third-order valence-electron chi connectivity index (χ3n) is 5.98. The van der Waals surface area contributed by atoms with E-state index in [4.69, 9.17) is 9.47 Å². The second kappa shape index (κ2) is 8.65. The van der Waals surface area contributed by atoms with Gasteiger partial charge >= 0.3 is 0 Å². The molecule has 0 N–H and O–H groups in total. The van der Waals surface area contributed by atoms with E-state index in [0.29, 0.717) is 28.3 Å². The first-order valence-electron chi connectivity index (χ1n) is 10.9. The quantitative estimate of drug-likeness (QED) is 0.668. The van der Waals surface area contributed by atoms with Gasteiger partial charge in [0.05, 0.1) is 19.3 Å². The lowest BCUT2D eigenvalue weighted by Gasteiger charge is -2.38. The summed E-state index contributed by atoms with van der Waals surface area (Å²) in [4.78, 5) is 42.5. The van der Waals surface area contributed by atoms with E-state index in [1.54, 1.807) is 63.4 Å². The maximum Gasteiger partial charge on any atom is 0.271 e. The van der Waals surface area contributed by atoms with Crippen LogP contribution >= 0.6 is 0 Å². The lowest BCUT2D eigenvalue weighted by Crippen LogP contribution is -2.54. The maximum atomic E-state index is 13.2. The van der Waals surface area contributed by atoms with Gasteiger partial charge in [-0.25, -0.2) is 0 Å². The predicted octanol–water partition coefficient (Wildman–Crippen LogP) is 3.71. The van der Waals surface area contributed by atoms with Crippen molar-refractivity contribution < 1.29 is 23.9 Å². The molecule has 7 heteroatoms. The number of ketones is 1. The fourth-order valence-electron chi connectivity index (χ4n) is 4.15. The van der Waals surface area contributed by atoms with E-state index in [-0.39, 0.29) is 24.1 Å². The molecule has 2 heterocycles. The number of carbonyl (C=O) groups is 3. The van der Waals surface area contributed by atoms with Crippen LogP contribution in [-0.2, 0) is 4.79 Å². The highest BCUT2D eigenvalue weighted by molar-refractivity contribution is 6.10. The van der Waals surface area contributed by atoms with Crippen molar-refractivity contribution in [1.82, 2.24) is 4.90 Å². The molecule has 0 radical (unpaired) electrons. The van der Waals surface area contributed by atoms with Gasteiger partial charge in [0.2, 0.25) is 0 Å². The first kappa shape index (κ1) is 21.9. The van der Waals surface area contributed by atoms with Gasteiger partial charge in [-0.15, -0.1) is 0 Å². The Balaban J connectivity index is 1.64. The van der Waals surface area contributed by atoms with Gasteiger partial charge in [0, 0.05) is 24.2 Å². The molecule has 2 aromatic rings. The van der Waals surface area contributed by atoms with Crippen molar-refractivity contribution >= 4 is 23.3 Å². The van der Waals surface area contributed by atoms with Crippen LogP contribution in [0.1, 0.15) is 53.8 Å². The molecule has 0 spiro atoms. The number of methoxy groups -OCH3 is 1. The summed E-state index contributed by atoms with van der Waals surface area (Å²) in [6, 6.07) is 11.9. The molecule has 0 atom stereocenters. The highest BCUT2D eigenvalue weighted by Gasteiger charge is 2.42. The minimum Gasteiger partial charge on any atom is -0.497 e. The molecule has 1 saturated heterocycles. The summed E-state index contributed by atoms with van der Waals surface area (Å²) in [5.41, 5.74) is 0.290. The molecule has 2 aliphatic rings. The number of anilines is 1. The molecular weight excluding hydrogens is 408 g/mol. The number of fused-ring (bicyclic) bond motifs is 1. The Morgan fingerprint density at radius 1 is 1.00 bits per heavy atom. The summed E-state index contributed by atoms with van der Waals surface area (Å²) in [7, 11) is 1.56. The summed E-state index contributed by atoms with van der Waals surface area (Å²) in [5, 5.41) is 0. The predicted molar refractivity (Wildman–Crippen MR) is 121 cm³/mol. The van der Waals surface area contributed by atoms with E-state index in [2.05, 4.69) is 0 Å². The van der Waals surface area contributed by atoms with Crippen LogP contribution in [0.2, 0.25) is 0 Å². The van der Waals surface area contributed by atoms with Gasteiger partial charge in [-0.2, -0.15) is 0 Å². The van der Waals surface area contributed by atoms with E-state index >= 15 is 0 Å². The zero-order chi connectivity index (χ0) is 22.9.